The van der Waals surface area contributed by atoms with E-state index in [2.05, 4.69) is 25.1 Å². The number of benzene rings is 3. The van der Waals surface area contributed by atoms with E-state index in [1.807, 2.05) is 6.07 Å². The number of aromatic nitrogens is 1. The van der Waals surface area contributed by atoms with Gasteiger partial charge in [0.1, 0.15) is 6.04 Å². The van der Waals surface area contributed by atoms with Gasteiger partial charge in [-0.25, -0.2) is 18.0 Å². The fraction of sp³-hybridized carbons (Fsp3) is 0.103. The van der Waals surface area contributed by atoms with E-state index in [9.17, 15) is 27.9 Å². The van der Waals surface area contributed by atoms with Crippen LogP contribution in [-0.2, 0) is 26.0 Å². The van der Waals surface area contributed by atoms with Crippen LogP contribution in [0.3, 0.4) is 0 Å². The first-order valence-electron chi connectivity index (χ1n) is 12.3. The fourth-order valence-electron chi connectivity index (χ4n) is 3.99. The lowest BCUT2D eigenvalue weighted by Gasteiger charge is -2.16. The Balaban J connectivity index is 1.46. The molecule has 2 amide bonds. The van der Waals surface area contributed by atoms with Crippen molar-refractivity contribution < 1.29 is 32.6 Å². The van der Waals surface area contributed by atoms with E-state index in [-0.39, 0.29) is 16.9 Å². The number of anilines is 2. The Bertz CT molecular complexity index is 1660. The van der Waals surface area contributed by atoms with Crippen LogP contribution >= 0.6 is 0 Å². The van der Waals surface area contributed by atoms with Gasteiger partial charge in [-0.15, -0.1) is 0 Å². The van der Waals surface area contributed by atoms with Crippen LogP contribution in [0.15, 0.2) is 102 Å². The van der Waals surface area contributed by atoms with Gasteiger partial charge in [0.25, 0.3) is 0 Å². The number of carbonyl (C=O) groups is 3. The summed E-state index contributed by atoms with van der Waals surface area (Å²) in [6, 6.07) is 21.0. The second-order valence-corrected chi connectivity index (χ2v) is 10.5. The van der Waals surface area contributed by atoms with Gasteiger partial charge in [0.05, 0.1) is 29.5 Å². The summed E-state index contributed by atoms with van der Waals surface area (Å²) < 4.78 is 32.8. The summed E-state index contributed by atoms with van der Waals surface area (Å²) in [5.41, 5.74) is 3.06. The third-order valence-corrected chi connectivity index (χ3v) is 7.47. The lowest BCUT2D eigenvalue weighted by atomic mass is 10.0. The number of esters is 1. The third-order valence-electron chi connectivity index (χ3n) is 5.94. The number of methoxy groups -OCH3 is 1. The minimum atomic E-state index is -4.37. The molecule has 1 heterocycles. The number of nitrogens with one attached hydrogen (secondary N) is 3. The molecule has 0 bridgehead atoms. The monoisotopic (exact) mass is 574 g/mol. The highest BCUT2D eigenvalue weighted by atomic mass is 32.2. The molecule has 0 spiro atoms. The number of hydrogen-bond donors (Lipinski definition) is 4. The normalized spacial score (nSPS) is 11.7. The number of ether oxygens (including phenoxy) is 1. The van der Waals surface area contributed by atoms with Gasteiger partial charge >= 0.3 is 18.0 Å². The Hall–Kier alpha value is -5.07. The third kappa shape index (κ3) is 7.53. The number of carboxylic acids is 1. The summed E-state index contributed by atoms with van der Waals surface area (Å²) >= 11 is 0. The average molecular weight is 575 g/mol. The number of urea groups is 1. The zero-order valence-electron chi connectivity index (χ0n) is 21.8. The van der Waals surface area contributed by atoms with Crippen LogP contribution in [0.25, 0.3) is 11.1 Å². The minimum Gasteiger partial charge on any atom is -0.480 e. The predicted octanol–water partition coefficient (Wildman–Crippen LogP) is 4.15. The smallest absolute Gasteiger partial charge is 0.339 e. The van der Waals surface area contributed by atoms with E-state index in [0.717, 1.165) is 18.2 Å². The highest BCUT2D eigenvalue weighted by Crippen LogP contribution is 2.24. The van der Waals surface area contributed by atoms with Gasteiger partial charge in [0.2, 0.25) is 10.0 Å². The molecule has 1 atom stereocenters. The number of carbonyl (C=O) groups excluding carboxylic acids is 2. The van der Waals surface area contributed by atoms with Crippen molar-refractivity contribution in [1.82, 2.24) is 9.71 Å². The van der Waals surface area contributed by atoms with Crippen LogP contribution in [-0.4, -0.2) is 49.6 Å². The van der Waals surface area contributed by atoms with Crippen LogP contribution in [0, 0.1) is 0 Å². The van der Waals surface area contributed by atoms with Crippen LogP contribution in [0.2, 0.25) is 0 Å². The van der Waals surface area contributed by atoms with Crippen molar-refractivity contribution in [1.29, 1.82) is 0 Å². The number of sulfonamides is 1. The van der Waals surface area contributed by atoms with Crippen molar-refractivity contribution in [2.75, 3.05) is 17.7 Å². The Morgan fingerprint density at radius 1 is 0.878 bits per heavy atom. The number of aliphatic carboxylic acids is 1. The molecule has 210 valence electrons. The maximum Gasteiger partial charge on any atom is 0.339 e. The molecular formula is C29H26N4O7S. The standard InChI is InChI=1S/C29H26N4O7S/c1-40-28(36)24-9-2-3-10-26(24)41(38,39)33-25(27(34)35)16-19-11-13-20(14-12-19)21-6-4-7-22(17-21)31-29(37)32-23-8-5-15-30-18-23/h2-15,17-18,25,33H,16H2,1H3,(H,34,35)(H2,31,32,37). The summed E-state index contributed by atoms with van der Waals surface area (Å²) in [4.78, 5) is 39.9. The zero-order chi connectivity index (χ0) is 29.4. The molecule has 41 heavy (non-hydrogen) atoms. The molecule has 0 saturated carbocycles. The Morgan fingerprint density at radius 3 is 2.27 bits per heavy atom. The summed E-state index contributed by atoms with van der Waals surface area (Å²) in [6.07, 6.45) is 2.98. The van der Waals surface area contributed by atoms with E-state index in [4.69, 9.17) is 0 Å². The van der Waals surface area contributed by atoms with Crippen molar-refractivity contribution in [3.05, 3.63) is 108 Å². The minimum absolute atomic E-state index is 0.147. The van der Waals surface area contributed by atoms with Gasteiger partial charge in [-0.3, -0.25) is 9.78 Å². The number of hydrogen-bond acceptors (Lipinski definition) is 7. The molecule has 0 radical (unpaired) electrons. The first kappa shape index (κ1) is 28.9. The molecule has 0 aliphatic rings. The van der Waals surface area contributed by atoms with E-state index >= 15 is 0 Å². The molecule has 0 aliphatic heterocycles. The summed E-state index contributed by atoms with van der Waals surface area (Å²) in [7, 11) is -3.25. The number of amides is 2. The Labute approximate surface area is 236 Å². The first-order chi connectivity index (χ1) is 19.7. The Morgan fingerprint density at radius 2 is 1.59 bits per heavy atom. The van der Waals surface area contributed by atoms with E-state index in [0.29, 0.717) is 16.9 Å². The summed E-state index contributed by atoms with van der Waals surface area (Å²) in [6.45, 7) is 0. The van der Waals surface area contributed by atoms with Gasteiger partial charge in [0, 0.05) is 11.9 Å². The SMILES string of the molecule is COC(=O)c1ccccc1S(=O)(=O)NC(Cc1ccc(-c2cccc(NC(=O)Nc3cccnc3)c2)cc1)C(=O)O. The van der Waals surface area contributed by atoms with Gasteiger partial charge in [-0.1, -0.05) is 48.5 Å². The van der Waals surface area contributed by atoms with Crippen molar-refractivity contribution in [2.24, 2.45) is 0 Å². The molecule has 12 heteroatoms. The highest BCUT2D eigenvalue weighted by Gasteiger charge is 2.29. The topological polar surface area (TPSA) is 164 Å². The number of carboxylic acid groups (broad SMARTS) is 1. The first-order valence-corrected chi connectivity index (χ1v) is 13.7. The van der Waals surface area contributed by atoms with Crippen LogP contribution in [0.5, 0.6) is 0 Å². The molecule has 1 aromatic heterocycles. The Kier molecular flexibility index (Phi) is 9.07. The maximum atomic E-state index is 13.0. The van der Waals surface area contributed by atoms with Crippen molar-refractivity contribution in [3.8, 4) is 11.1 Å². The molecule has 4 aromatic rings. The van der Waals surface area contributed by atoms with Gasteiger partial charge in [-0.05, 0) is 59.5 Å². The van der Waals surface area contributed by atoms with Gasteiger partial charge in [-0.2, -0.15) is 4.72 Å². The van der Waals surface area contributed by atoms with Crippen LogP contribution in [0.4, 0.5) is 16.2 Å². The molecule has 0 saturated heterocycles. The summed E-state index contributed by atoms with van der Waals surface area (Å²) in [5, 5.41) is 15.2. The second-order valence-electron chi connectivity index (χ2n) is 8.80. The molecule has 1 unspecified atom stereocenters. The molecule has 11 nitrogen and oxygen atoms in total. The van der Waals surface area contributed by atoms with Crippen LogP contribution < -0.4 is 15.4 Å². The van der Waals surface area contributed by atoms with E-state index in [1.54, 1.807) is 60.8 Å². The summed E-state index contributed by atoms with van der Waals surface area (Å²) in [5.74, 6) is -2.24. The van der Waals surface area contributed by atoms with Crippen molar-refractivity contribution in [3.63, 3.8) is 0 Å². The lowest BCUT2D eigenvalue weighted by Crippen LogP contribution is -2.42. The average Bonchev–Trinajstić information content (AvgIpc) is 2.97. The maximum absolute atomic E-state index is 13.0. The predicted molar refractivity (Wildman–Crippen MR) is 152 cm³/mol. The molecule has 4 rings (SSSR count). The zero-order valence-corrected chi connectivity index (χ0v) is 22.6. The van der Waals surface area contributed by atoms with Crippen molar-refractivity contribution in [2.45, 2.75) is 17.4 Å². The van der Waals surface area contributed by atoms with E-state index in [1.165, 1.54) is 30.5 Å². The fourth-order valence-corrected chi connectivity index (χ4v) is 5.37. The number of rotatable bonds is 10. The van der Waals surface area contributed by atoms with Gasteiger partial charge < -0.3 is 20.5 Å². The molecule has 3 aromatic carbocycles. The second kappa shape index (κ2) is 12.9. The number of pyridine rings is 1. The highest BCUT2D eigenvalue weighted by molar-refractivity contribution is 7.89. The van der Waals surface area contributed by atoms with Crippen molar-refractivity contribution >= 4 is 39.4 Å². The molecule has 0 fully saturated rings. The largest absolute Gasteiger partial charge is 0.480 e. The molecule has 0 aliphatic carbocycles. The van der Waals surface area contributed by atoms with Crippen LogP contribution in [0.1, 0.15) is 15.9 Å². The lowest BCUT2D eigenvalue weighted by molar-refractivity contribution is -0.138. The number of nitrogens with zero attached hydrogens (tertiary/aromatic N) is 1. The van der Waals surface area contributed by atoms with Gasteiger partial charge in [0.15, 0.2) is 0 Å². The molecule has 4 N–H and O–H groups in total. The quantitative estimate of drug-likeness (QED) is 0.205. The molecular weight excluding hydrogens is 548 g/mol. The van der Waals surface area contributed by atoms with E-state index < -0.39 is 34.0 Å².